The molecule has 3 atom stereocenters. The molecule has 5 nitrogen and oxygen atoms in total. The number of piperazine rings is 1. The Labute approximate surface area is 156 Å². The first-order valence-electron chi connectivity index (χ1n) is 9.90. The third-order valence-corrected chi connectivity index (χ3v) is 6.10. The number of hydrogen-bond acceptors (Lipinski definition) is 3. The highest BCUT2D eigenvalue weighted by Crippen LogP contribution is 2.29. The summed E-state index contributed by atoms with van der Waals surface area (Å²) in [5, 5.41) is 3.25. The van der Waals surface area contributed by atoms with Crippen molar-refractivity contribution < 1.29 is 9.59 Å². The molecule has 1 saturated carbocycles. The molecule has 0 spiro atoms. The number of carbonyl (C=O) groups excluding carboxylic acids is 2. The third-order valence-electron chi connectivity index (χ3n) is 6.10. The summed E-state index contributed by atoms with van der Waals surface area (Å²) in [5.74, 6) is 1.44. The highest BCUT2D eigenvalue weighted by molar-refractivity contribution is 5.94. The normalized spacial score (nSPS) is 27.2. The van der Waals surface area contributed by atoms with Crippen LogP contribution in [0.25, 0.3) is 0 Å². The Morgan fingerprint density at radius 3 is 2.42 bits per heavy atom. The van der Waals surface area contributed by atoms with Crippen LogP contribution in [0.1, 0.15) is 43.5 Å². The highest BCUT2D eigenvalue weighted by atomic mass is 16.2. The summed E-state index contributed by atoms with van der Waals surface area (Å²) in [5.41, 5.74) is 0.735. The van der Waals surface area contributed by atoms with Crippen LogP contribution in [0.3, 0.4) is 0 Å². The molecule has 1 aromatic rings. The Hall–Kier alpha value is -1.88. The number of amides is 2. The largest absolute Gasteiger partial charge is 0.352 e. The van der Waals surface area contributed by atoms with Crippen LogP contribution in [0.2, 0.25) is 0 Å². The molecule has 1 heterocycles. The van der Waals surface area contributed by atoms with E-state index in [2.05, 4.69) is 24.1 Å². The van der Waals surface area contributed by atoms with Gasteiger partial charge in [-0.3, -0.25) is 14.5 Å². The minimum atomic E-state index is 0.0831. The van der Waals surface area contributed by atoms with Crippen LogP contribution < -0.4 is 5.32 Å². The number of nitrogens with one attached hydrogen (secondary N) is 1. The van der Waals surface area contributed by atoms with Crippen molar-refractivity contribution in [2.45, 2.75) is 39.2 Å². The zero-order valence-corrected chi connectivity index (χ0v) is 16.0. The van der Waals surface area contributed by atoms with Crippen LogP contribution in [-0.4, -0.2) is 60.4 Å². The maximum Gasteiger partial charge on any atom is 0.253 e. The van der Waals surface area contributed by atoms with Crippen molar-refractivity contribution in [1.29, 1.82) is 0 Å². The summed E-state index contributed by atoms with van der Waals surface area (Å²) in [6.07, 6.45) is 3.57. The zero-order chi connectivity index (χ0) is 18.5. The molecule has 0 bridgehead atoms. The Kier molecular flexibility index (Phi) is 6.30. The van der Waals surface area contributed by atoms with Gasteiger partial charge in [0.1, 0.15) is 0 Å². The lowest BCUT2D eigenvalue weighted by Crippen LogP contribution is -2.53. The van der Waals surface area contributed by atoms with E-state index in [1.54, 1.807) is 0 Å². The molecule has 0 aromatic heterocycles. The van der Waals surface area contributed by atoms with Crippen LogP contribution in [0.15, 0.2) is 30.3 Å². The molecule has 1 aromatic carbocycles. The lowest BCUT2D eigenvalue weighted by molar-refractivity contribution is -0.124. The average Bonchev–Trinajstić information content (AvgIpc) is 2.66. The molecule has 1 saturated heterocycles. The van der Waals surface area contributed by atoms with E-state index in [1.807, 2.05) is 35.2 Å². The standard InChI is InChI=1S/C21H31N3O2/c1-16-7-6-10-19(17(16)2)22-20(25)15-23-11-13-24(14-12-23)21(26)18-8-4-3-5-9-18/h3-5,8-9,16-17,19H,6-7,10-15H2,1-2H3,(H,22,25). The predicted octanol–water partition coefficient (Wildman–Crippen LogP) is 2.39. The van der Waals surface area contributed by atoms with Gasteiger partial charge in [0.15, 0.2) is 0 Å². The van der Waals surface area contributed by atoms with E-state index < -0.39 is 0 Å². The molecule has 2 amide bonds. The van der Waals surface area contributed by atoms with Crippen LogP contribution in [-0.2, 0) is 4.79 Å². The second-order valence-corrected chi connectivity index (χ2v) is 7.88. The van der Waals surface area contributed by atoms with Gasteiger partial charge in [-0.1, -0.05) is 44.9 Å². The van der Waals surface area contributed by atoms with E-state index in [9.17, 15) is 9.59 Å². The zero-order valence-electron chi connectivity index (χ0n) is 16.0. The molecule has 3 unspecified atom stereocenters. The minimum absolute atomic E-state index is 0.0831. The monoisotopic (exact) mass is 357 g/mol. The first kappa shape index (κ1) is 18.9. The van der Waals surface area contributed by atoms with Crippen molar-refractivity contribution in [3.63, 3.8) is 0 Å². The minimum Gasteiger partial charge on any atom is -0.352 e. The van der Waals surface area contributed by atoms with Gasteiger partial charge in [-0.15, -0.1) is 0 Å². The molecule has 142 valence electrons. The first-order valence-corrected chi connectivity index (χ1v) is 9.90. The van der Waals surface area contributed by atoms with Gasteiger partial charge in [0, 0.05) is 37.8 Å². The maximum atomic E-state index is 12.5. The Morgan fingerprint density at radius 2 is 1.73 bits per heavy atom. The highest BCUT2D eigenvalue weighted by Gasteiger charge is 2.29. The first-order chi connectivity index (χ1) is 12.5. The van der Waals surface area contributed by atoms with E-state index in [4.69, 9.17) is 0 Å². The molecular weight excluding hydrogens is 326 g/mol. The summed E-state index contributed by atoms with van der Waals surface area (Å²) < 4.78 is 0. The Balaban J connectivity index is 1.43. The van der Waals surface area contributed by atoms with Crippen molar-refractivity contribution in [2.75, 3.05) is 32.7 Å². The van der Waals surface area contributed by atoms with Crippen molar-refractivity contribution in [3.8, 4) is 0 Å². The molecule has 2 aliphatic rings. The number of hydrogen-bond donors (Lipinski definition) is 1. The summed E-state index contributed by atoms with van der Waals surface area (Å²) in [6, 6.07) is 9.72. The van der Waals surface area contributed by atoms with E-state index >= 15 is 0 Å². The summed E-state index contributed by atoms with van der Waals surface area (Å²) >= 11 is 0. The summed E-state index contributed by atoms with van der Waals surface area (Å²) in [6.45, 7) is 7.83. The second-order valence-electron chi connectivity index (χ2n) is 7.88. The third kappa shape index (κ3) is 4.64. The summed E-state index contributed by atoms with van der Waals surface area (Å²) in [7, 11) is 0. The van der Waals surface area contributed by atoms with Crippen LogP contribution in [0, 0.1) is 11.8 Å². The molecule has 1 aliphatic carbocycles. The second kappa shape index (κ2) is 8.67. The van der Waals surface area contributed by atoms with Gasteiger partial charge in [-0.2, -0.15) is 0 Å². The number of rotatable bonds is 4. The molecule has 1 aliphatic heterocycles. The lowest BCUT2D eigenvalue weighted by atomic mass is 9.78. The van der Waals surface area contributed by atoms with Crippen molar-refractivity contribution in [1.82, 2.24) is 15.1 Å². The van der Waals surface area contributed by atoms with Crippen molar-refractivity contribution in [2.24, 2.45) is 11.8 Å². The van der Waals surface area contributed by atoms with Gasteiger partial charge in [-0.25, -0.2) is 0 Å². The smallest absolute Gasteiger partial charge is 0.253 e. The van der Waals surface area contributed by atoms with E-state index in [0.717, 1.165) is 25.1 Å². The SMILES string of the molecule is CC1CCCC(NC(=O)CN2CCN(C(=O)c3ccccc3)CC2)C1C. The fraction of sp³-hybridized carbons (Fsp3) is 0.619. The van der Waals surface area contributed by atoms with Crippen molar-refractivity contribution in [3.05, 3.63) is 35.9 Å². The van der Waals surface area contributed by atoms with Gasteiger partial charge < -0.3 is 10.2 Å². The van der Waals surface area contributed by atoms with Gasteiger partial charge in [0.25, 0.3) is 5.91 Å². The topological polar surface area (TPSA) is 52.7 Å². The molecular formula is C21H31N3O2. The quantitative estimate of drug-likeness (QED) is 0.900. The van der Waals surface area contributed by atoms with E-state index in [0.29, 0.717) is 37.5 Å². The molecule has 26 heavy (non-hydrogen) atoms. The van der Waals surface area contributed by atoms with E-state index in [-0.39, 0.29) is 11.8 Å². The van der Waals surface area contributed by atoms with Crippen LogP contribution >= 0.6 is 0 Å². The molecule has 3 rings (SSSR count). The van der Waals surface area contributed by atoms with Crippen LogP contribution in [0.4, 0.5) is 0 Å². The number of nitrogens with zero attached hydrogens (tertiary/aromatic N) is 2. The molecule has 2 fully saturated rings. The van der Waals surface area contributed by atoms with Gasteiger partial charge in [-0.05, 0) is 30.4 Å². The molecule has 5 heteroatoms. The molecule has 1 N–H and O–H groups in total. The number of carbonyl (C=O) groups is 2. The van der Waals surface area contributed by atoms with E-state index in [1.165, 1.54) is 12.8 Å². The van der Waals surface area contributed by atoms with Gasteiger partial charge in [0.05, 0.1) is 6.54 Å². The Bertz CT molecular complexity index is 611. The maximum absolute atomic E-state index is 12.5. The average molecular weight is 357 g/mol. The fourth-order valence-electron chi connectivity index (χ4n) is 4.11. The fourth-order valence-corrected chi connectivity index (χ4v) is 4.11. The lowest BCUT2D eigenvalue weighted by Gasteiger charge is -2.37. The summed E-state index contributed by atoms with van der Waals surface area (Å²) in [4.78, 5) is 29.0. The van der Waals surface area contributed by atoms with Gasteiger partial charge in [0.2, 0.25) is 5.91 Å². The molecule has 0 radical (unpaired) electrons. The van der Waals surface area contributed by atoms with Gasteiger partial charge >= 0.3 is 0 Å². The van der Waals surface area contributed by atoms with Crippen LogP contribution in [0.5, 0.6) is 0 Å². The number of benzene rings is 1. The Morgan fingerprint density at radius 1 is 1.04 bits per heavy atom. The predicted molar refractivity (Wildman–Crippen MR) is 103 cm³/mol. The van der Waals surface area contributed by atoms with Crippen molar-refractivity contribution >= 4 is 11.8 Å².